The van der Waals surface area contributed by atoms with E-state index in [1.165, 1.54) is 0 Å². The summed E-state index contributed by atoms with van der Waals surface area (Å²) < 4.78 is 20.5. The van der Waals surface area contributed by atoms with Gasteiger partial charge in [0.05, 0.1) is 13.2 Å². The Labute approximate surface area is 87.2 Å². The lowest BCUT2D eigenvalue weighted by Gasteiger charge is -2.10. The lowest BCUT2D eigenvalue weighted by molar-refractivity contribution is 0.146. The molecule has 0 heterocycles. The lowest BCUT2D eigenvalue weighted by Crippen LogP contribution is -1.98. The number of phosphoric acid groups is 1. The van der Waals surface area contributed by atoms with Gasteiger partial charge in [0.2, 0.25) is 0 Å². The monoisotopic (exact) mass is 226 g/mol. The van der Waals surface area contributed by atoms with Crippen molar-refractivity contribution in [2.24, 2.45) is 0 Å². The van der Waals surface area contributed by atoms with E-state index in [0.717, 1.165) is 25.7 Å². The van der Waals surface area contributed by atoms with Gasteiger partial charge in [-0.05, 0) is 12.8 Å². The van der Waals surface area contributed by atoms with E-state index in [1.54, 1.807) is 0 Å². The van der Waals surface area contributed by atoms with Crippen molar-refractivity contribution in [3.8, 4) is 0 Å². The molecular weight excluding hydrogens is 203 g/mol. The highest BCUT2D eigenvalue weighted by molar-refractivity contribution is 7.47. The summed E-state index contributed by atoms with van der Waals surface area (Å²) in [6.07, 6.45) is 3.44. The number of phosphoric ester groups is 1. The topological polar surface area (TPSA) is 55.8 Å². The zero-order chi connectivity index (χ0) is 10.2. The Morgan fingerprint density at radius 3 is 1.71 bits per heavy atom. The summed E-state index contributed by atoms with van der Waals surface area (Å²) in [5, 5.41) is 0. The second-order valence-corrected chi connectivity index (χ2v) is 4.30. The molecule has 0 aromatic heterocycles. The second kappa shape index (κ2) is 9.66. The molecule has 0 rings (SSSR count). The SMILES string of the molecule is C.CCCCOP(=O)(O)OCCCC. The first-order valence-electron chi connectivity index (χ1n) is 4.74. The molecule has 0 aliphatic rings. The Kier molecular flexibility index (Phi) is 11.4. The van der Waals surface area contributed by atoms with Crippen LogP contribution in [0.1, 0.15) is 47.0 Å². The molecule has 4 nitrogen and oxygen atoms in total. The van der Waals surface area contributed by atoms with Gasteiger partial charge in [-0.25, -0.2) is 4.57 Å². The largest absolute Gasteiger partial charge is 0.472 e. The molecule has 0 radical (unpaired) electrons. The van der Waals surface area contributed by atoms with Crippen molar-refractivity contribution >= 4 is 7.82 Å². The molecule has 14 heavy (non-hydrogen) atoms. The average molecular weight is 226 g/mol. The summed E-state index contributed by atoms with van der Waals surface area (Å²) in [5.74, 6) is 0. The molecule has 0 aliphatic heterocycles. The van der Waals surface area contributed by atoms with Crippen LogP contribution >= 0.6 is 7.82 Å². The summed E-state index contributed by atoms with van der Waals surface area (Å²) in [5.41, 5.74) is 0. The molecule has 0 aliphatic carbocycles. The van der Waals surface area contributed by atoms with Crippen molar-refractivity contribution in [1.29, 1.82) is 0 Å². The van der Waals surface area contributed by atoms with E-state index in [-0.39, 0.29) is 20.6 Å². The molecule has 0 aromatic carbocycles. The van der Waals surface area contributed by atoms with Crippen LogP contribution in [-0.2, 0) is 13.6 Å². The van der Waals surface area contributed by atoms with Crippen molar-refractivity contribution in [1.82, 2.24) is 0 Å². The second-order valence-electron chi connectivity index (χ2n) is 2.84. The van der Waals surface area contributed by atoms with Crippen LogP contribution in [0.25, 0.3) is 0 Å². The van der Waals surface area contributed by atoms with Gasteiger partial charge in [-0.2, -0.15) is 0 Å². The van der Waals surface area contributed by atoms with Crippen LogP contribution in [0.5, 0.6) is 0 Å². The normalized spacial score (nSPS) is 11.1. The molecule has 0 spiro atoms. The molecule has 5 heteroatoms. The molecule has 88 valence electrons. The molecule has 0 saturated carbocycles. The predicted molar refractivity (Wildman–Crippen MR) is 58.3 cm³/mol. The van der Waals surface area contributed by atoms with Crippen LogP contribution in [0.4, 0.5) is 0 Å². The maximum atomic E-state index is 11.1. The van der Waals surface area contributed by atoms with Gasteiger partial charge in [-0.1, -0.05) is 34.1 Å². The fraction of sp³-hybridized carbons (Fsp3) is 1.00. The molecule has 0 aromatic rings. The summed E-state index contributed by atoms with van der Waals surface area (Å²) in [6.45, 7) is 4.56. The van der Waals surface area contributed by atoms with Crippen LogP contribution in [0.3, 0.4) is 0 Å². The average Bonchev–Trinajstić information content (AvgIpc) is 2.05. The van der Waals surface area contributed by atoms with Crippen LogP contribution in [0.2, 0.25) is 0 Å². The molecule has 0 unspecified atom stereocenters. The molecular formula is C9H23O4P. The van der Waals surface area contributed by atoms with Gasteiger partial charge in [-0.3, -0.25) is 9.05 Å². The van der Waals surface area contributed by atoms with Gasteiger partial charge >= 0.3 is 7.82 Å². The summed E-state index contributed by atoms with van der Waals surface area (Å²) in [6, 6.07) is 0. The number of rotatable bonds is 8. The predicted octanol–water partition coefficient (Wildman–Crippen LogP) is 3.36. The molecule has 0 amide bonds. The first-order valence-corrected chi connectivity index (χ1v) is 6.23. The maximum Gasteiger partial charge on any atom is 0.472 e. The van der Waals surface area contributed by atoms with Crippen molar-refractivity contribution in [3.63, 3.8) is 0 Å². The third-order valence-electron chi connectivity index (χ3n) is 1.50. The van der Waals surface area contributed by atoms with Crippen molar-refractivity contribution in [2.45, 2.75) is 47.0 Å². The van der Waals surface area contributed by atoms with Crippen LogP contribution in [-0.4, -0.2) is 18.1 Å². The van der Waals surface area contributed by atoms with Gasteiger partial charge in [0, 0.05) is 0 Å². The van der Waals surface area contributed by atoms with E-state index in [4.69, 9.17) is 13.9 Å². The minimum absolute atomic E-state index is 0. The van der Waals surface area contributed by atoms with E-state index in [2.05, 4.69) is 0 Å². The zero-order valence-corrected chi connectivity index (χ0v) is 9.26. The van der Waals surface area contributed by atoms with E-state index in [0.29, 0.717) is 0 Å². The Morgan fingerprint density at radius 2 is 1.43 bits per heavy atom. The van der Waals surface area contributed by atoms with Gasteiger partial charge < -0.3 is 4.89 Å². The summed E-state index contributed by atoms with van der Waals surface area (Å²) >= 11 is 0. The Hall–Kier alpha value is 0.110. The number of hydrogen-bond donors (Lipinski definition) is 1. The molecule has 0 saturated heterocycles. The van der Waals surface area contributed by atoms with Crippen molar-refractivity contribution in [3.05, 3.63) is 0 Å². The van der Waals surface area contributed by atoms with Crippen LogP contribution in [0, 0.1) is 0 Å². The minimum atomic E-state index is -3.75. The van der Waals surface area contributed by atoms with Gasteiger partial charge in [-0.15, -0.1) is 0 Å². The van der Waals surface area contributed by atoms with E-state index in [1.807, 2.05) is 13.8 Å². The van der Waals surface area contributed by atoms with Crippen molar-refractivity contribution in [2.75, 3.05) is 13.2 Å². The zero-order valence-electron chi connectivity index (χ0n) is 8.36. The third kappa shape index (κ3) is 10.2. The lowest BCUT2D eigenvalue weighted by atomic mass is 10.4. The molecule has 0 bridgehead atoms. The standard InChI is InChI=1S/C8H19O4P.CH4/c1-3-5-7-11-13(9,10)12-8-6-4-2;/h3-8H2,1-2H3,(H,9,10);1H4. The molecule has 0 atom stereocenters. The van der Waals surface area contributed by atoms with Gasteiger partial charge in [0.1, 0.15) is 0 Å². The summed E-state index contributed by atoms with van der Waals surface area (Å²) in [7, 11) is -3.75. The first-order chi connectivity index (χ1) is 6.12. The number of hydrogen-bond acceptors (Lipinski definition) is 3. The van der Waals surface area contributed by atoms with Crippen molar-refractivity contribution < 1.29 is 18.5 Å². The van der Waals surface area contributed by atoms with E-state index < -0.39 is 7.82 Å². The van der Waals surface area contributed by atoms with Gasteiger partial charge in [0.15, 0.2) is 0 Å². The Bertz CT molecular complexity index is 147. The highest BCUT2D eigenvalue weighted by Gasteiger charge is 2.19. The quantitative estimate of drug-likeness (QED) is 0.509. The van der Waals surface area contributed by atoms with Gasteiger partial charge in [0.25, 0.3) is 0 Å². The highest BCUT2D eigenvalue weighted by Crippen LogP contribution is 2.43. The smallest absolute Gasteiger partial charge is 0.302 e. The maximum absolute atomic E-state index is 11.1. The van der Waals surface area contributed by atoms with E-state index in [9.17, 15) is 4.57 Å². The van der Waals surface area contributed by atoms with Crippen LogP contribution < -0.4 is 0 Å². The fourth-order valence-electron chi connectivity index (χ4n) is 0.686. The number of unbranched alkanes of at least 4 members (excludes halogenated alkanes) is 2. The Balaban J connectivity index is 0. The third-order valence-corrected chi connectivity index (χ3v) is 2.52. The van der Waals surface area contributed by atoms with E-state index >= 15 is 0 Å². The first kappa shape index (κ1) is 16.5. The Morgan fingerprint density at radius 1 is 1.07 bits per heavy atom. The highest BCUT2D eigenvalue weighted by atomic mass is 31.2. The summed E-state index contributed by atoms with van der Waals surface area (Å²) in [4.78, 5) is 9.08. The molecule has 0 fully saturated rings. The fourth-order valence-corrected chi connectivity index (χ4v) is 1.48. The molecule has 1 N–H and O–H groups in total. The minimum Gasteiger partial charge on any atom is -0.302 e. The van der Waals surface area contributed by atoms with Crippen LogP contribution in [0.15, 0.2) is 0 Å².